The summed E-state index contributed by atoms with van der Waals surface area (Å²) in [4.78, 5) is 14.1. The van der Waals surface area contributed by atoms with Crippen LogP contribution >= 0.6 is 0 Å². The fourth-order valence-corrected chi connectivity index (χ4v) is 3.56. The van der Waals surface area contributed by atoms with Gasteiger partial charge in [-0.1, -0.05) is 30.3 Å². The van der Waals surface area contributed by atoms with E-state index in [4.69, 9.17) is 5.26 Å². The van der Waals surface area contributed by atoms with E-state index in [-0.39, 0.29) is 23.4 Å². The largest absolute Gasteiger partial charge is 0.338 e. The van der Waals surface area contributed by atoms with Crippen LogP contribution in [0.25, 0.3) is 0 Å². The number of nitrogens with zero attached hydrogens (tertiary/aromatic N) is 3. The molecule has 0 unspecified atom stereocenters. The number of amides is 1. The lowest BCUT2D eigenvalue weighted by Crippen LogP contribution is -2.40. The molecule has 0 fully saturated rings. The lowest BCUT2D eigenvalue weighted by atomic mass is 10.1. The first kappa shape index (κ1) is 19.6. The highest BCUT2D eigenvalue weighted by molar-refractivity contribution is 7.89. The zero-order chi connectivity index (χ0) is 19.3. The minimum Gasteiger partial charge on any atom is -0.338 e. The molecule has 26 heavy (non-hydrogen) atoms. The predicted octanol–water partition coefficient (Wildman–Crippen LogP) is 2.40. The highest BCUT2D eigenvalue weighted by atomic mass is 32.2. The number of carbonyl (C=O) groups is 1. The molecular formula is C19H21N3O3S. The Labute approximate surface area is 154 Å². The first-order chi connectivity index (χ1) is 12.3. The molecule has 0 aliphatic carbocycles. The number of hydrogen-bond donors (Lipinski definition) is 0. The Bertz CT molecular complexity index is 903. The van der Waals surface area contributed by atoms with Gasteiger partial charge in [0.25, 0.3) is 0 Å². The molecule has 0 aliphatic heterocycles. The minimum absolute atomic E-state index is 0.0468. The van der Waals surface area contributed by atoms with Crippen molar-refractivity contribution < 1.29 is 13.2 Å². The van der Waals surface area contributed by atoms with Gasteiger partial charge in [-0.15, -0.1) is 0 Å². The molecule has 0 aliphatic rings. The van der Waals surface area contributed by atoms with Gasteiger partial charge in [-0.25, -0.2) is 8.42 Å². The average molecular weight is 371 g/mol. The predicted molar refractivity (Wildman–Crippen MR) is 98.6 cm³/mol. The number of likely N-dealkylation sites (N-methyl/N-ethyl adjacent to an activating group) is 2. The maximum Gasteiger partial charge on any atom is 0.243 e. The lowest BCUT2D eigenvalue weighted by molar-refractivity contribution is -0.131. The topological polar surface area (TPSA) is 81.5 Å². The number of hydrogen-bond acceptors (Lipinski definition) is 4. The van der Waals surface area contributed by atoms with Crippen LogP contribution < -0.4 is 0 Å². The highest BCUT2D eigenvalue weighted by Gasteiger charge is 2.26. The summed E-state index contributed by atoms with van der Waals surface area (Å²) >= 11 is 0. The highest BCUT2D eigenvalue weighted by Crippen LogP contribution is 2.20. The second kappa shape index (κ2) is 8.13. The molecule has 0 spiro atoms. The van der Waals surface area contributed by atoms with Gasteiger partial charge >= 0.3 is 0 Å². The quantitative estimate of drug-likeness (QED) is 0.781. The van der Waals surface area contributed by atoms with Crippen molar-refractivity contribution in [2.24, 2.45) is 0 Å². The number of sulfonamides is 1. The van der Waals surface area contributed by atoms with E-state index in [0.717, 1.165) is 9.87 Å². The Morgan fingerprint density at radius 2 is 1.65 bits per heavy atom. The second-order valence-electron chi connectivity index (χ2n) is 5.99. The molecule has 0 saturated heterocycles. The van der Waals surface area contributed by atoms with Crippen LogP contribution in [0.15, 0.2) is 59.5 Å². The summed E-state index contributed by atoms with van der Waals surface area (Å²) < 4.78 is 26.2. The molecule has 0 saturated carbocycles. The first-order valence-electron chi connectivity index (χ1n) is 8.04. The summed E-state index contributed by atoms with van der Waals surface area (Å²) in [5.74, 6) is -0.305. The van der Waals surface area contributed by atoms with E-state index in [2.05, 4.69) is 0 Å². The first-order valence-corrected chi connectivity index (χ1v) is 9.48. The van der Waals surface area contributed by atoms with Gasteiger partial charge in [-0.3, -0.25) is 4.79 Å². The maximum absolute atomic E-state index is 12.6. The van der Waals surface area contributed by atoms with Crippen LogP contribution in [0.4, 0.5) is 0 Å². The Kier molecular flexibility index (Phi) is 6.14. The van der Waals surface area contributed by atoms with Crippen molar-refractivity contribution >= 4 is 15.9 Å². The van der Waals surface area contributed by atoms with Crippen LogP contribution in [0.1, 0.15) is 24.1 Å². The van der Waals surface area contributed by atoms with Crippen LogP contribution in [0.5, 0.6) is 0 Å². The van der Waals surface area contributed by atoms with E-state index >= 15 is 0 Å². The molecule has 0 aromatic heterocycles. The molecular weight excluding hydrogens is 350 g/mol. The fourth-order valence-electron chi connectivity index (χ4n) is 2.44. The fraction of sp³-hybridized carbons (Fsp3) is 0.263. The number of carbonyl (C=O) groups excluding carboxylic acids is 1. The van der Waals surface area contributed by atoms with E-state index in [1.54, 1.807) is 7.05 Å². The molecule has 0 heterocycles. The van der Waals surface area contributed by atoms with E-state index in [9.17, 15) is 13.2 Å². The van der Waals surface area contributed by atoms with Crippen molar-refractivity contribution in [3.05, 3.63) is 65.7 Å². The van der Waals surface area contributed by atoms with E-state index in [1.807, 2.05) is 43.3 Å². The summed E-state index contributed by atoms with van der Waals surface area (Å²) in [6, 6.07) is 16.9. The average Bonchev–Trinajstić information content (AvgIpc) is 2.67. The van der Waals surface area contributed by atoms with Crippen molar-refractivity contribution in [1.82, 2.24) is 9.21 Å². The lowest BCUT2D eigenvalue weighted by Gasteiger charge is -2.27. The monoisotopic (exact) mass is 371 g/mol. The molecule has 0 N–H and O–H groups in total. The van der Waals surface area contributed by atoms with Crippen molar-refractivity contribution in [2.45, 2.75) is 17.9 Å². The Hall–Kier alpha value is -2.69. The van der Waals surface area contributed by atoms with Crippen LogP contribution in [0.3, 0.4) is 0 Å². The van der Waals surface area contributed by atoms with Crippen molar-refractivity contribution in [3.8, 4) is 6.07 Å². The molecule has 1 atom stereocenters. The van der Waals surface area contributed by atoms with Gasteiger partial charge in [-0.05, 0) is 36.8 Å². The van der Waals surface area contributed by atoms with E-state index in [0.29, 0.717) is 5.56 Å². The zero-order valence-corrected chi connectivity index (χ0v) is 15.8. The molecule has 0 bridgehead atoms. The third-order valence-corrected chi connectivity index (χ3v) is 6.12. The molecule has 2 rings (SSSR count). The molecule has 2 aromatic rings. The summed E-state index contributed by atoms with van der Waals surface area (Å²) in [6.07, 6.45) is 0. The maximum atomic E-state index is 12.6. The molecule has 6 nitrogen and oxygen atoms in total. The van der Waals surface area contributed by atoms with E-state index in [1.165, 1.54) is 36.2 Å². The number of nitriles is 1. The van der Waals surface area contributed by atoms with Gasteiger partial charge in [0.15, 0.2) is 0 Å². The summed E-state index contributed by atoms with van der Waals surface area (Å²) in [7, 11) is -0.784. The van der Waals surface area contributed by atoms with Crippen LogP contribution in [0.2, 0.25) is 0 Å². The van der Waals surface area contributed by atoms with Crippen molar-refractivity contribution in [3.63, 3.8) is 0 Å². The Morgan fingerprint density at radius 3 is 2.19 bits per heavy atom. The van der Waals surface area contributed by atoms with E-state index < -0.39 is 10.0 Å². The summed E-state index contributed by atoms with van der Waals surface area (Å²) in [5, 5.41) is 8.81. The van der Waals surface area contributed by atoms with Gasteiger partial charge in [0.05, 0.1) is 29.1 Å². The third kappa shape index (κ3) is 4.28. The Morgan fingerprint density at radius 1 is 1.08 bits per heavy atom. The second-order valence-corrected chi connectivity index (χ2v) is 8.03. The van der Waals surface area contributed by atoms with Crippen LogP contribution in [-0.4, -0.2) is 44.2 Å². The van der Waals surface area contributed by atoms with Gasteiger partial charge in [0, 0.05) is 14.1 Å². The molecule has 7 heteroatoms. The minimum atomic E-state index is -3.81. The van der Waals surface area contributed by atoms with Crippen LogP contribution in [-0.2, 0) is 14.8 Å². The smallest absolute Gasteiger partial charge is 0.243 e. The number of rotatable bonds is 6. The molecule has 136 valence electrons. The third-order valence-electron chi connectivity index (χ3n) is 4.31. The van der Waals surface area contributed by atoms with Crippen LogP contribution in [0, 0.1) is 11.3 Å². The summed E-state index contributed by atoms with van der Waals surface area (Å²) in [6.45, 7) is 1.62. The van der Waals surface area contributed by atoms with Crippen molar-refractivity contribution in [1.29, 1.82) is 5.26 Å². The van der Waals surface area contributed by atoms with Gasteiger partial charge in [-0.2, -0.15) is 9.57 Å². The summed E-state index contributed by atoms with van der Waals surface area (Å²) in [5.41, 5.74) is 1.35. The molecule has 2 aromatic carbocycles. The SMILES string of the molecule is C[C@@H](c1ccccc1)N(C)C(=O)CN(C)S(=O)(=O)c1ccc(C#N)cc1. The van der Waals surface area contributed by atoms with Gasteiger partial charge in [0.1, 0.15) is 0 Å². The zero-order valence-electron chi connectivity index (χ0n) is 15.0. The van der Waals surface area contributed by atoms with Gasteiger partial charge < -0.3 is 4.90 Å². The van der Waals surface area contributed by atoms with Crippen molar-refractivity contribution in [2.75, 3.05) is 20.6 Å². The molecule has 0 radical (unpaired) electrons. The number of benzene rings is 2. The van der Waals surface area contributed by atoms with Gasteiger partial charge in [0.2, 0.25) is 15.9 Å². The standard InChI is InChI=1S/C19H21N3O3S/c1-15(17-7-5-4-6-8-17)22(3)19(23)14-21(2)26(24,25)18-11-9-16(13-20)10-12-18/h4-12,15H,14H2,1-3H3/t15-/m0/s1. The Balaban J connectivity index is 2.10. The normalized spacial score (nSPS) is 12.4. The molecule has 1 amide bonds.